The fourth-order valence-electron chi connectivity index (χ4n) is 8.19. The molecule has 0 spiro atoms. The van der Waals surface area contributed by atoms with Crippen molar-refractivity contribution in [2.75, 3.05) is 32.8 Å². The van der Waals surface area contributed by atoms with Crippen LogP contribution in [0.2, 0.25) is 0 Å². The van der Waals surface area contributed by atoms with Gasteiger partial charge in [0, 0.05) is 42.9 Å². The monoisotopic (exact) mass is 1050 g/mol. The third kappa shape index (κ3) is 18.5. The molecule has 3 aromatic rings. The molecule has 4 rings (SSSR count). The van der Waals surface area contributed by atoms with Crippen molar-refractivity contribution < 1.29 is 73.2 Å². The summed E-state index contributed by atoms with van der Waals surface area (Å²) >= 11 is 0. The van der Waals surface area contributed by atoms with Crippen LogP contribution in [0.5, 0.6) is 0 Å². The number of carbonyl (C=O) groups excluding carboxylic acids is 9. The van der Waals surface area contributed by atoms with E-state index in [9.17, 15) is 68.1 Å². The summed E-state index contributed by atoms with van der Waals surface area (Å²) in [4.78, 5) is 149. The molecule has 1 aliphatic heterocycles. The minimum Gasteiger partial charge on any atom is -0.481 e. The number of hydrogen-bond donors (Lipinski definition) is 15. The van der Waals surface area contributed by atoms with Crippen LogP contribution >= 0.6 is 0 Å². The van der Waals surface area contributed by atoms with Crippen LogP contribution in [-0.2, 0) is 65.6 Å². The maximum Gasteiger partial charge on any atom is 0.322 e. The second-order valence-electron chi connectivity index (χ2n) is 17.8. The SMILES string of the molecule is NCCCC[C@H](NC(=O)[C@@H](N)CO)C(=O)N[C@@H](CCC(=O)O)C(=O)N1CCC[C@H]1C(=O)N[C@@H](CO)C(=O)N[C@@H](Cc1ccccc1)C(=O)N[C@@H](Cc1c[nH]c2ccccc12)C(=O)N[C@@H](CC(N)=O)C(=O)NCC(=O)O. The van der Waals surface area contributed by atoms with E-state index in [2.05, 4.69) is 42.2 Å². The first-order chi connectivity index (χ1) is 35.8. The molecule has 75 heavy (non-hydrogen) atoms. The van der Waals surface area contributed by atoms with Crippen LogP contribution in [0, 0.1) is 0 Å². The van der Waals surface area contributed by atoms with Crippen LogP contribution in [0.25, 0.3) is 10.9 Å². The van der Waals surface area contributed by atoms with Gasteiger partial charge in [0.2, 0.25) is 53.2 Å². The summed E-state index contributed by atoms with van der Waals surface area (Å²) in [6, 6.07) is 3.32. The number of aromatic nitrogens is 1. The molecule has 1 saturated heterocycles. The zero-order valence-electron chi connectivity index (χ0n) is 41.0. The standard InChI is InChI=1S/C48H66N12O15/c49-17-7-6-13-31(54-41(68)29(50)24-61)43(70)55-32(15-16-39(64)65)48(75)60-18-8-14-37(60)47(74)59-36(25-62)46(73)56-33(19-26-9-2-1-3-10-26)44(71)57-34(20-27-22-52-30-12-5-4-11-28(27)30)45(72)58-35(21-38(51)63)42(69)53-23-40(66)67/h1-5,9-12,22,29,31-37,52,61-62H,6-8,13-21,23-25,49-50H2,(H2,51,63)(H,53,69)(H,54,68)(H,55,70)(H,56,73)(H,57,71)(H,58,72)(H,59,74)(H,64,65)(H,66,67)/t29-,31-,32-,33-,34-,35-,36-,37-/m0/s1. The normalized spacial score (nSPS) is 15.9. The molecule has 0 unspecified atom stereocenters. The van der Waals surface area contributed by atoms with Gasteiger partial charge in [-0.15, -0.1) is 0 Å². The number of hydrogen-bond acceptors (Lipinski definition) is 15. The number of carboxylic acid groups (broad SMARTS) is 2. The molecule has 0 aliphatic carbocycles. The molecular formula is C48H66N12O15. The van der Waals surface area contributed by atoms with E-state index in [4.69, 9.17) is 22.3 Å². The number of carboxylic acids is 2. The Balaban J connectivity index is 1.58. The number of amides is 9. The Labute approximate surface area is 429 Å². The average Bonchev–Trinajstić information content (AvgIpc) is 4.05. The first kappa shape index (κ1) is 59.6. The van der Waals surface area contributed by atoms with E-state index in [1.165, 1.54) is 0 Å². The van der Waals surface area contributed by atoms with E-state index in [1.54, 1.807) is 60.8 Å². The first-order valence-electron chi connectivity index (χ1n) is 24.1. The Morgan fingerprint density at radius 1 is 0.653 bits per heavy atom. The number of likely N-dealkylation sites (tertiary alicyclic amines) is 1. The summed E-state index contributed by atoms with van der Waals surface area (Å²) in [6.45, 7) is -2.39. The van der Waals surface area contributed by atoms with E-state index in [0.29, 0.717) is 34.9 Å². The Hall–Kier alpha value is -8.01. The number of aliphatic carboxylic acids is 2. The second-order valence-corrected chi connectivity index (χ2v) is 17.8. The van der Waals surface area contributed by atoms with Crippen LogP contribution in [0.1, 0.15) is 62.5 Å². The minimum absolute atomic E-state index is 0.0359. The van der Waals surface area contributed by atoms with E-state index in [1.807, 2.05) is 0 Å². The quantitative estimate of drug-likeness (QED) is 0.0269. The number of primary amides is 1. The predicted octanol–water partition coefficient (Wildman–Crippen LogP) is -4.77. The number of H-pyrrole nitrogens is 1. The lowest BCUT2D eigenvalue weighted by atomic mass is 10.0. The highest BCUT2D eigenvalue weighted by molar-refractivity contribution is 5.99. The highest BCUT2D eigenvalue weighted by Crippen LogP contribution is 2.22. The molecule has 27 nitrogen and oxygen atoms in total. The summed E-state index contributed by atoms with van der Waals surface area (Å²) in [5, 5.41) is 56.0. The average molecular weight is 1050 g/mol. The van der Waals surface area contributed by atoms with Crippen LogP contribution in [-0.4, -0.2) is 177 Å². The van der Waals surface area contributed by atoms with Crippen LogP contribution in [0.3, 0.4) is 0 Å². The van der Waals surface area contributed by atoms with Gasteiger partial charge >= 0.3 is 11.9 Å². The van der Waals surface area contributed by atoms with Gasteiger partial charge in [-0.3, -0.25) is 52.7 Å². The van der Waals surface area contributed by atoms with E-state index >= 15 is 0 Å². The van der Waals surface area contributed by atoms with Crippen molar-refractivity contribution in [3.05, 3.63) is 71.9 Å². The maximum absolute atomic E-state index is 14.4. The summed E-state index contributed by atoms with van der Waals surface area (Å²) in [7, 11) is 0. The van der Waals surface area contributed by atoms with Gasteiger partial charge in [0.25, 0.3) is 0 Å². The maximum atomic E-state index is 14.4. The van der Waals surface area contributed by atoms with E-state index < -0.39 is 152 Å². The summed E-state index contributed by atoms with van der Waals surface area (Å²) < 4.78 is 0. The van der Waals surface area contributed by atoms with Crippen molar-refractivity contribution in [3.8, 4) is 0 Å². The number of fused-ring (bicyclic) bond motifs is 1. The van der Waals surface area contributed by atoms with Gasteiger partial charge in [0.1, 0.15) is 54.9 Å². The lowest BCUT2D eigenvalue weighted by Crippen LogP contribution is -2.61. The molecule has 0 bridgehead atoms. The van der Waals surface area contributed by atoms with Gasteiger partial charge in [-0.25, -0.2) is 0 Å². The topological polar surface area (TPSA) is 450 Å². The van der Waals surface area contributed by atoms with Crippen molar-refractivity contribution in [3.63, 3.8) is 0 Å². The number of benzene rings is 2. The fraction of sp³-hybridized carbons (Fsp3) is 0.479. The van der Waals surface area contributed by atoms with E-state index in [0.717, 1.165) is 4.90 Å². The highest BCUT2D eigenvalue weighted by atomic mass is 16.4. The zero-order chi connectivity index (χ0) is 55.2. The van der Waals surface area contributed by atoms with Crippen LogP contribution in [0.4, 0.5) is 0 Å². The van der Waals surface area contributed by atoms with Gasteiger partial charge in [-0.05, 0) is 62.3 Å². The molecule has 0 radical (unpaired) electrons. The molecule has 1 aromatic heterocycles. The lowest BCUT2D eigenvalue weighted by molar-refractivity contribution is -0.143. The summed E-state index contributed by atoms with van der Waals surface area (Å²) in [5.74, 6) is -11.4. The number of para-hydroxylation sites is 1. The second kappa shape index (κ2) is 29.6. The Kier molecular flexibility index (Phi) is 23.5. The molecule has 27 heteroatoms. The number of rotatable bonds is 31. The number of aromatic amines is 1. The molecule has 2 heterocycles. The Bertz CT molecular complexity index is 2510. The van der Waals surface area contributed by atoms with Crippen molar-refractivity contribution in [2.45, 2.75) is 113 Å². The number of aliphatic hydroxyl groups excluding tert-OH is 2. The van der Waals surface area contributed by atoms with Gasteiger partial charge in [0.05, 0.1) is 19.6 Å². The van der Waals surface area contributed by atoms with Crippen LogP contribution < -0.4 is 54.4 Å². The Morgan fingerprint density at radius 3 is 1.88 bits per heavy atom. The van der Waals surface area contributed by atoms with Crippen LogP contribution in [0.15, 0.2) is 60.8 Å². The molecule has 9 amide bonds. The minimum atomic E-state index is -1.75. The molecule has 0 saturated carbocycles. The molecule has 18 N–H and O–H groups in total. The number of carbonyl (C=O) groups is 11. The number of unbranched alkanes of at least 4 members (excludes halogenated alkanes) is 1. The van der Waals surface area contributed by atoms with E-state index in [-0.39, 0.29) is 45.2 Å². The van der Waals surface area contributed by atoms with Crippen molar-refractivity contribution in [1.82, 2.24) is 47.1 Å². The predicted molar refractivity (Wildman–Crippen MR) is 265 cm³/mol. The Morgan fingerprint density at radius 2 is 1.25 bits per heavy atom. The third-order valence-electron chi connectivity index (χ3n) is 12.1. The lowest BCUT2D eigenvalue weighted by Gasteiger charge is -2.30. The molecular weight excluding hydrogens is 985 g/mol. The van der Waals surface area contributed by atoms with Crippen molar-refractivity contribution in [1.29, 1.82) is 0 Å². The highest BCUT2D eigenvalue weighted by Gasteiger charge is 2.40. The van der Waals surface area contributed by atoms with Gasteiger partial charge < -0.3 is 84.7 Å². The van der Waals surface area contributed by atoms with Crippen molar-refractivity contribution >= 4 is 76.0 Å². The smallest absolute Gasteiger partial charge is 0.322 e. The zero-order valence-corrected chi connectivity index (χ0v) is 41.0. The number of nitrogens with one attached hydrogen (secondary N) is 8. The molecule has 1 aliphatic rings. The first-order valence-corrected chi connectivity index (χ1v) is 24.1. The van der Waals surface area contributed by atoms with Gasteiger partial charge in [0.15, 0.2) is 0 Å². The van der Waals surface area contributed by atoms with Crippen molar-refractivity contribution in [2.24, 2.45) is 17.2 Å². The summed E-state index contributed by atoms with van der Waals surface area (Å²) in [6.07, 6.45) is 0.498. The molecule has 1 fully saturated rings. The fourth-order valence-corrected chi connectivity index (χ4v) is 8.19. The molecule has 8 atom stereocenters. The largest absolute Gasteiger partial charge is 0.481 e. The van der Waals surface area contributed by atoms with Gasteiger partial charge in [-0.1, -0.05) is 48.5 Å². The molecule has 2 aromatic carbocycles. The number of nitrogens with zero attached hydrogens (tertiary/aromatic N) is 1. The summed E-state index contributed by atoms with van der Waals surface area (Å²) in [5.41, 5.74) is 18.3. The molecule has 408 valence electrons. The number of aliphatic hydroxyl groups is 2. The number of nitrogens with two attached hydrogens (primary N) is 3. The third-order valence-corrected chi connectivity index (χ3v) is 12.1. The van der Waals surface area contributed by atoms with Gasteiger partial charge in [-0.2, -0.15) is 0 Å².